The molecule has 0 radical (unpaired) electrons. The minimum Gasteiger partial charge on any atom is -0.462 e. The second kappa shape index (κ2) is 12.5. The van der Waals surface area contributed by atoms with Crippen LogP contribution in [0.4, 0.5) is 29.3 Å². The van der Waals surface area contributed by atoms with Crippen molar-refractivity contribution < 1.29 is 27.5 Å². The van der Waals surface area contributed by atoms with Crippen LogP contribution in [0.2, 0.25) is 0 Å². The fraction of sp³-hybridized carbons (Fsp3) is 0.444. The van der Waals surface area contributed by atoms with Crippen LogP contribution in [0.5, 0.6) is 0 Å². The molecule has 39 heavy (non-hydrogen) atoms. The number of nitrogens with zero attached hydrogens (tertiary/aromatic N) is 1. The molecule has 0 spiro atoms. The van der Waals surface area contributed by atoms with Crippen molar-refractivity contribution in [2.24, 2.45) is 5.41 Å². The van der Waals surface area contributed by atoms with Crippen molar-refractivity contribution in [3.8, 4) is 0 Å². The van der Waals surface area contributed by atoms with Crippen LogP contribution in [-0.2, 0) is 27.8 Å². The van der Waals surface area contributed by atoms with Gasteiger partial charge in [-0.2, -0.15) is 13.2 Å². The zero-order chi connectivity index (χ0) is 29.6. The summed E-state index contributed by atoms with van der Waals surface area (Å²) in [6.45, 7) is 8.89. The summed E-state index contributed by atoms with van der Waals surface area (Å²) < 4.78 is 45.8. The third-order valence-corrected chi connectivity index (χ3v) is 6.22. The topological polar surface area (TPSA) is 109 Å². The molecule has 2 rings (SSSR count). The van der Waals surface area contributed by atoms with Gasteiger partial charge >= 0.3 is 18.2 Å². The van der Waals surface area contributed by atoms with Crippen molar-refractivity contribution in [1.29, 1.82) is 0 Å². The van der Waals surface area contributed by atoms with Crippen LogP contribution in [0.3, 0.4) is 0 Å². The van der Waals surface area contributed by atoms with E-state index < -0.39 is 28.7 Å². The van der Waals surface area contributed by atoms with Crippen LogP contribution < -0.4 is 21.7 Å². The Balaban J connectivity index is 2.30. The number of para-hydroxylation sites is 1. The number of thiocarbonyl (C=S) groups is 1. The predicted molar refractivity (Wildman–Crippen MR) is 150 cm³/mol. The van der Waals surface area contributed by atoms with E-state index in [2.05, 4.69) is 16.0 Å². The number of halogens is 3. The Morgan fingerprint density at radius 1 is 1.05 bits per heavy atom. The van der Waals surface area contributed by atoms with E-state index in [4.69, 9.17) is 22.7 Å². The number of nitrogens with one attached hydrogen (secondary N) is 3. The SMILES string of the molecule is CCN(C)C(=O)NCc1cccc(NC(=S)NC(C)(COC(=O)C(C)(C)C)c2cccc(C(F)(F)F)c2)c1N. The maximum Gasteiger partial charge on any atom is 0.416 e. The van der Waals surface area contributed by atoms with Crippen molar-refractivity contribution in [3.63, 3.8) is 0 Å². The standard InChI is InChI=1S/C27H36F3N5O3S/c1-7-35(6)24(37)32-15-17-10-8-13-20(21(17)31)33-23(39)34-26(5,16-38-22(36)25(2,3)4)18-11-9-12-19(14-18)27(28,29)30/h8-14H,7,15-16,31H2,1-6H3,(H,32,37)(H2,33,34,39). The first-order valence-electron chi connectivity index (χ1n) is 12.3. The van der Waals surface area contributed by atoms with Crippen LogP contribution in [0, 0.1) is 5.41 Å². The number of esters is 1. The summed E-state index contributed by atoms with van der Waals surface area (Å²) in [6.07, 6.45) is -4.56. The average Bonchev–Trinajstić information content (AvgIpc) is 2.86. The predicted octanol–water partition coefficient (Wildman–Crippen LogP) is 5.24. The highest BCUT2D eigenvalue weighted by atomic mass is 32.1. The van der Waals surface area contributed by atoms with Crippen LogP contribution in [-0.4, -0.2) is 42.2 Å². The van der Waals surface area contributed by atoms with Gasteiger partial charge in [-0.05, 0) is 76.2 Å². The molecule has 1 atom stereocenters. The molecule has 0 aromatic heterocycles. The molecule has 0 heterocycles. The van der Waals surface area contributed by atoms with Gasteiger partial charge in [0.15, 0.2) is 5.11 Å². The first-order chi connectivity index (χ1) is 18.0. The lowest BCUT2D eigenvalue weighted by atomic mass is 9.91. The van der Waals surface area contributed by atoms with Gasteiger partial charge < -0.3 is 31.3 Å². The monoisotopic (exact) mass is 567 g/mol. The summed E-state index contributed by atoms with van der Waals surface area (Å²) in [5.41, 5.74) is 4.94. The molecule has 214 valence electrons. The van der Waals surface area contributed by atoms with E-state index >= 15 is 0 Å². The number of urea groups is 1. The number of carbonyl (C=O) groups excluding carboxylic acids is 2. The molecule has 8 nitrogen and oxygen atoms in total. The molecule has 2 aromatic carbocycles. The number of anilines is 2. The normalized spacial score (nSPS) is 13.2. The van der Waals surface area contributed by atoms with Gasteiger partial charge in [0.2, 0.25) is 0 Å². The van der Waals surface area contributed by atoms with E-state index in [1.165, 1.54) is 17.0 Å². The Labute approximate surface area is 232 Å². The van der Waals surface area contributed by atoms with E-state index in [-0.39, 0.29) is 29.9 Å². The zero-order valence-corrected chi connectivity index (χ0v) is 23.8. The largest absolute Gasteiger partial charge is 0.462 e. The lowest BCUT2D eigenvalue weighted by Crippen LogP contribution is -2.49. The molecule has 0 aliphatic heterocycles. The number of ether oxygens (including phenoxy) is 1. The van der Waals surface area contributed by atoms with Gasteiger partial charge in [0.25, 0.3) is 0 Å². The fourth-order valence-electron chi connectivity index (χ4n) is 3.39. The summed E-state index contributed by atoms with van der Waals surface area (Å²) in [7, 11) is 1.67. The van der Waals surface area contributed by atoms with Crippen molar-refractivity contribution in [1.82, 2.24) is 15.5 Å². The van der Waals surface area contributed by atoms with Crippen LogP contribution in [0.25, 0.3) is 0 Å². The number of alkyl halides is 3. The minimum atomic E-state index is -4.56. The van der Waals surface area contributed by atoms with Gasteiger partial charge in [-0.1, -0.05) is 24.3 Å². The van der Waals surface area contributed by atoms with Gasteiger partial charge in [0, 0.05) is 20.1 Å². The maximum absolute atomic E-state index is 13.4. The summed E-state index contributed by atoms with van der Waals surface area (Å²) in [6, 6.07) is 9.64. The number of nitrogens with two attached hydrogens (primary N) is 1. The highest BCUT2D eigenvalue weighted by Gasteiger charge is 2.36. The van der Waals surface area contributed by atoms with E-state index in [1.807, 2.05) is 6.92 Å². The summed E-state index contributed by atoms with van der Waals surface area (Å²) in [5, 5.41) is 8.80. The van der Waals surface area contributed by atoms with Gasteiger partial charge in [-0.15, -0.1) is 0 Å². The third kappa shape index (κ3) is 8.74. The molecule has 2 aromatic rings. The number of nitrogen functional groups attached to an aromatic ring is 1. The number of benzene rings is 2. The van der Waals surface area contributed by atoms with Crippen LogP contribution in [0.1, 0.15) is 51.3 Å². The Morgan fingerprint density at radius 2 is 1.67 bits per heavy atom. The molecular formula is C27H36F3N5O3S. The van der Waals surface area contributed by atoms with Gasteiger partial charge in [0.05, 0.1) is 27.9 Å². The lowest BCUT2D eigenvalue weighted by Gasteiger charge is -2.33. The van der Waals surface area contributed by atoms with Crippen LogP contribution in [0.15, 0.2) is 42.5 Å². The summed E-state index contributed by atoms with van der Waals surface area (Å²) >= 11 is 5.49. The number of hydrogen-bond donors (Lipinski definition) is 4. The summed E-state index contributed by atoms with van der Waals surface area (Å²) in [5.74, 6) is -0.519. The molecular weight excluding hydrogens is 531 g/mol. The molecule has 0 aliphatic carbocycles. The molecule has 0 fully saturated rings. The van der Waals surface area contributed by atoms with E-state index in [9.17, 15) is 22.8 Å². The molecule has 0 saturated heterocycles. The third-order valence-electron chi connectivity index (χ3n) is 6.02. The van der Waals surface area contributed by atoms with Gasteiger partial charge in [-0.3, -0.25) is 4.79 Å². The average molecular weight is 568 g/mol. The molecule has 5 N–H and O–H groups in total. The molecule has 0 saturated carbocycles. The number of rotatable bonds is 8. The Hall–Kier alpha value is -3.54. The lowest BCUT2D eigenvalue weighted by molar-refractivity contribution is -0.155. The van der Waals surface area contributed by atoms with Gasteiger partial charge in [-0.25, -0.2) is 4.79 Å². The smallest absolute Gasteiger partial charge is 0.416 e. The second-order valence-corrected chi connectivity index (χ2v) is 10.8. The van der Waals surface area contributed by atoms with Crippen molar-refractivity contribution in [2.45, 2.75) is 52.9 Å². The Bertz CT molecular complexity index is 1200. The minimum absolute atomic E-state index is 0.0420. The molecule has 12 heteroatoms. The highest BCUT2D eigenvalue weighted by Crippen LogP contribution is 2.33. The number of hydrogen-bond acceptors (Lipinski definition) is 5. The van der Waals surface area contributed by atoms with E-state index in [0.29, 0.717) is 23.5 Å². The van der Waals surface area contributed by atoms with Crippen molar-refractivity contribution >= 4 is 40.7 Å². The highest BCUT2D eigenvalue weighted by molar-refractivity contribution is 7.80. The first kappa shape index (κ1) is 31.7. The Morgan fingerprint density at radius 3 is 2.26 bits per heavy atom. The fourth-order valence-corrected chi connectivity index (χ4v) is 3.72. The van der Waals surface area contributed by atoms with Crippen molar-refractivity contribution in [3.05, 3.63) is 59.2 Å². The maximum atomic E-state index is 13.4. The Kier molecular flexibility index (Phi) is 10.2. The van der Waals surface area contributed by atoms with E-state index in [1.54, 1.807) is 52.9 Å². The molecule has 0 aliphatic rings. The molecule has 2 amide bonds. The zero-order valence-electron chi connectivity index (χ0n) is 23.0. The number of carbonyl (C=O) groups is 2. The molecule has 0 bridgehead atoms. The summed E-state index contributed by atoms with van der Waals surface area (Å²) in [4.78, 5) is 26.1. The van der Waals surface area contributed by atoms with Crippen LogP contribution >= 0.6 is 12.2 Å². The van der Waals surface area contributed by atoms with Gasteiger partial charge in [0.1, 0.15) is 6.61 Å². The van der Waals surface area contributed by atoms with Crippen molar-refractivity contribution in [2.75, 3.05) is 31.2 Å². The number of amides is 2. The van der Waals surface area contributed by atoms with E-state index in [0.717, 1.165) is 12.1 Å². The quantitative estimate of drug-likeness (QED) is 0.196. The second-order valence-electron chi connectivity index (χ2n) is 10.4. The first-order valence-corrected chi connectivity index (χ1v) is 12.7. The molecule has 1 unspecified atom stereocenters.